The van der Waals surface area contributed by atoms with E-state index < -0.39 is 22.9 Å². The third kappa shape index (κ3) is 3.13. The average molecular weight is 419 g/mol. The van der Waals surface area contributed by atoms with Crippen LogP contribution in [0.25, 0.3) is 16.9 Å². The lowest BCUT2D eigenvalue weighted by molar-refractivity contribution is 0.570. The standard InChI is InChI=1S/C22H15F2N5O2/c23-15-4-7-18(17(24)9-15)29-20-19(21(30)28(22(29)31)16-5-6-16)27(12-26-20)11-14-3-1-2-13(8-14)10-25/h1-4,7-9,12,16H,5-6,11H2. The first-order chi connectivity index (χ1) is 15.0. The number of benzene rings is 2. The van der Waals surface area contributed by atoms with Crippen LogP contribution in [0.5, 0.6) is 0 Å². The normalized spacial score (nSPS) is 13.5. The molecule has 2 aromatic carbocycles. The summed E-state index contributed by atoms with van der Waals surface area (Å²) in [6, 6.07) is 11.6. The van der Waals surface area contributed by atoms with Crippen LogP contribution in [-0.2, 0) is 6.54 Å². The van der Waals surface area contributed by atoms with Gasteiger partial charge in [0.15, 0.2) is 11.2 Å². The van der Waals surface area contributed by atoms with Crippen molar-refractivity contribution in [2.75, 3.05) is 0 Å². The Morgan fingerprint density at radius 1 is 1.13 bits per heavy atom. The molecule has 1 fully saturated rings. The number of hydrogen-bond donors (Lipinski definition) is 0. The minimum Gasteiger partial charge on any atom is -0.320 e. The molecule has 4 aromatic rings. The average Bonchev–Trinajstić information content (AvgIpc) is 3.49. The van der Waals surface area contributed by atoms with Crippen molar-refractivity contribution >= 4 is 11.2 Å². The highest BCUT2D eigenvalue weighted by atomic mass is 19.1. The zero-order valence-electron chi connectivity index (χ0n) is 16.1. The maximum atomic E-state index is 14.6. The number of nitrogens with zero attached hydrogens (tertiary/aromatic N) is 5. The van der Waals surface area contributed by atoms with Gasteiger partial charge in [-0.15, -0.1) is 0 Å². The first-order valence-corrected chi connectivity index (χ1v) is 9.65. The van der Waals surface area contributed by atoms with Crippen LogP contribution in [-0.4, -0.2) is 18.7 Å². The number of nitriles is 1. The summed E-state index contributed by atoms with van der Waals surface area (Å²) < 4.78 is 31.7. The molecule has 31 heavy (non-hydrogen) atoms. The van der Waals surface area contributed by atoms with Crippen LogP contribution in [0.3, 0.4) is 0 Å². The van der Waals surface area contributed by atoms with Gasteiger partial charge in [0.05, 0.1) is 23.6 Å². The van der Waals surface area contributed by atoms with E-state index in [1.165, 1.54) is 6.33 Å². The molecule has 9 heteroatoms. The monoisotopic (exact) mass is 419 g/mol. The van der Waals surface area contributed by atoms with Crippen LogP contribution in [0, 0.1) is 23.0 Å². The van der Waals surface area contributed by atoms with Gasteiger partial charge in [-0.25, -0.2) is 23.1 Å². The fourth-order valence-electron chi connectivity index (χ4n) is 3.74. The van der Waals surface area contributed by atoms with Crippen molar-refractivity contribution in [2.24, 2.45) is 0 Å². The summed E-state index contributed by atoms with van der Waals surface area (Å²) in [7, 11) is 0. The third-order valence-corrected chi connectivity index (χ3v) is 5.32. The Hall–Kier alpha value is -4.06. The fraction of sp³-hybridized carbons (Fsp3) is 0.182. The molecular formula is C22H15F2N5O2. The molecule has 2 aromatic heterocycles. The van der Waals surface area contributed by atoms with Crippen molar-refractivity contribution in [3.05, 3.63) is 92.4 Å². The molecule has 1 aliphatic rings. The van der Waals surface area contributed by atoms with E-state index in [1.807, 2.05) is 6.07 Å². The summed E-state index contributed by atoms with van der Waals surface area (Å²) in [5.41, 5.74) is -0.0181. The molecule has 1 aliphatic carbocycles. The lowest BCUT2D eigenvalue weighted by atomic mass is 10.1. The van der Waals surface area contributed by atoms with E-state index in [-0.39, 0.29) is 29.4 Å². The quantitative estimate of drug-likeness (QED) is 0.509. The summed E-state index contributed by atoms with van der Waals surface area (Å²) in [6.07, 6.45) is 2.75. The Bertz CT molecular complexity index is 1510. The second-order valence-electron chi connectivity index (χ2n) is 7.48. The fourth-order valence-corrected chi connectivity index (χ4v) is 3.74. The summed E-state index contributed by atoms with van der Waals surface area (Å²) >= 11 is 0. The Kier molecular flexibility index (Phi) is 4.29. The minimum atomic E-state index is -0.930. The Morgan fingerprint density at radius 3 is 2.65 bits per heavy atom. The number of fused-ring (bicyclic) bond motifs is 1. The number of imidazole rings is 1. The summed E-state index contributed by atoms with van der Waals surface area (Å²) in [4.78, 5) is 30.6. The van der Waals surface area contributed by atoms with Crippen molar-refractivity contribution < 1.29 is 8.78 Å². The second kappa shape index (κ2) is 7.02. The maximum absolute atomic E-state index is 14.6. The number of hydrogen-bond acceptors (Lipinski definition) is 4. The third-order valence-electron chi connectivity index (χ3n) is 5.32. The second-order valence-corrected chi connectivity index (χ2v) is 7.48. The van der Waals surface area contributed by atoms with Gasteiger partial charge < -0.3 is 4.57 Å². The SMILES string of the molecule is N#Cc1cccc(Cn2cnc3c2c(=O)n(C2CC2)c(=O)n3-c2ccc(F)cc2F)c1. The molecule has 0 N–H and O–H groups in total. The van der Waals surface area contributed by atoms with E-state index >= 15 is 0 Å². The molecule has 0 bridgehead atoms. The van der Waals surface area contributed by atoms with Crippen LogP contribution in [0.15, 0.2) is 58.4 Å². The number of halogens is 2. The van der Waals surface area contributed by atoms with E-state index in [0.29, 0.717) is 24.5 Å². The molecule has 0 unspecified atom stereocenters. The molecule has 154 valence electrons. The Labute approximate surface area is 174 Å². The lowest BCUT2D eigenvalue weighted by Crippen LogP contribution is -2.40. The predicted octanol–water partition coefficient (Wildman–Crippen LogP) is 2.88. The zero-order chi connectivity index (χ0) is 21.7. The molecule has 0 radical (unpaired) electrons. The lowest BCUT2D eigenvalue weighted by Gasteiger charge is -2.13. The molecule has 7 nitrogen and oxygen atoms in total. The molecule has 2 heterocycles. The van der Waals surface area contributed by atoms with Crippen molar-refractivity contribution in [3.63, 3.8) is 0 Å². The van der Waals surface area contributed by atoms with Crippen molar-refractivity contribution in [1.82, 2.24) is 18.7 Å². The van der Waals surface area contributed by atoms with Gasteiger partial charge in [-0.3, -0.25) is 9.36 Å². The van der Waals surface area contributed by atoms with Crippen LogP contribution in [0.4, 0.5) is 8.78 Å². The van der Waals surface area contributed by atoms with Gasteiger partial charge in [0.2, 0.25) is 0 Å². The van der Waals surface area contributed by atoms with Gasteiger partial charge in [0, 0.05) is 18.7 Å². The van der Waals surface area contributed by atoms with Crippen molar-refractivity contribution in [3.8, 4) is 11.8 Å². The zero-order valence-corrected chi connectivity index (χ0v) is 16.1. The Balaban J connectivity index is 1.78. The van der Waals surface area contributed by atoms with Crippen LogP contribution < -0.4 is 11.2 Å². The van der Waals surface area contributed by atoms with Crippen LogP contribution >= 0.6 is 0 Å². The molecule has 1 saturated carbocycles. The molecule has 0 saturated heterocycles. The molecule has 0 atom stereocenters. The molecular weight excluding hydrogens is 404 g/mol. The van der Waals surface area contributed by atoms with Gasteiger partial charge in [-0.1, -0.05) is 12.1 Å². The number of aromatic nitrogens is 4. The smallest absolute Gasteiger partial charge is 0.320 e. The first-order valence-electron chi connectivity index (χ1n) is 9.65. The van der Waals surface area contributed by atoms with Gasteiger partial charge in [0.1, 0.15) is 11.6 Å². The predicted molar refractivity (Wildman–Crippen MR) is 108 cm³/mol. The largest absolute Gasteiger partial charge is 0.337 e. The van der Waals surface area contributed by atoms with E-state index in [1.54, 1.807) is 22.8 Å². The highest BCUT2D eigenvalue weighted by molar-refractivity contribution is 5.72. The van der Waals surface area contributed by atoms with Gasteiger partial charge >= 0.3 is 5.69 Å². The maximum Gasteiger partial charge on any atom is 0.337 e. The molecule has 0 amide bonds. The van der Waals surface area contributed by atoms with Gasteiger partial charge in [-0.05, 0) is 42.7 Å². The minimum absolute atomic E-state index is 0.00570. The van der Waals surface area contributed by atoms with E-state index in [4.69, 9.17) is 5.26 Å². The van der Waals surface area contributed by atoms with E-state index in [2.05, 4.69) is 11.1 Å². The van der Waals surface area contributed by atoms with Gasteiger partial charge in [-0.2, -0.15) is 5.26 Å². The van der Waals surface area contributed by atoms with Crippen molar-refractivity contribution in [2.45, 2.75) is 25.4 Å². The Morgan fingerprint density at radius 2 is 1.94 bits per heavy atom. The summed E-state index contributed by atoms with van der Waals surface area (Å²) in [6.45, 7) is 0.232. The van der Waals surface area contributed by atoms with E-state index in [0.717, 1.165) is 26.8 Å². The van der Waals surface area contributed by atoms with Crippen LogP contribution in [0.1, 0.15) is 30.0 Å². The summed E-state index contributed by atoms with van der Waals surface area (Å²) in [5, 5.41) is 9.12. The van der Waals surface area contributed by atoms with Crippen molar-refractivity contribution in [1.29, 1.82) is 5.26 Å². The van der Waals surface area contributed by atoms with Crippen LogP contribution in [0.2, 0.25) is 0 Å². The van der Waals surface area contributed by atoms with Gasteiger partial charge in [0.25, 0.3) is 5.56 Å². The molecule has 5 rings (SSSR count). The summed E-state index contributed by atoms with van der Waals surface area (Å²) in [5.74, 6) is -1.70. The topological polar surface area (TPSA) is 85.6 Å². The van der Waals surface area contributed by atoms with E-state index in [9.17, 15) is 18.4 Å². The number of rotatable bonds is 4. The first kappa shape index (κ1) is 18.9. The highest BCUT2D eigenvalue weighted by Gasteiger charge is 2.31. The molecule has 0 aliphatic heterocycles. The molecule has 0 spiro atoms. The highest BCUT2D eigenvalue weighted by Crippen LogP contribution is 2.32.